The van der Waals surface area contributed by atoms with Crippen molar-refractivity contribution in [1.82, 2.24) is 4.90 Å². The smallest absolute Gasteiger partial charge is 0.229 e. The quantitative estimate of drug-likeness (QED) is 0.199. The van der Waals surface area contributed by atoms with Crippen LogP contribution in [0.4, 0.5) is 11.4 Å². The van der Waals surface area contributed by atoms with Gasteiger partial charge < -0.3 is 19.5 Å². The van der Waals surface area contributed by atoms with Gasteiger partial charge in [-0.1, -0.05) is 55.1 Å². The summed E-state index contributed by atoms with van der Waals surface area (Å²) >= 11 is 12.6. The number of aliphatic hydroxyl groups excluding tert-OH is 1. The minimum Gasteiger partial charge on any atom is -0.494 e. The highest BCUT2D eigenvalue weighted by Gasteiger charge is 2.30. The molecule has 2 aliphatic heterocycles. The Hall–Kier alpha value is -2.03. The van der Waals surface area contributed by atoms with Gasteiger partial charge in [-0.05, 0) is 69.3 Å². The topological polar surface area (TPSA) is 65.5 Å². The third kappa shape index (κ3) is 8.26. The Morgan fingerprint density at radius 3 is 2.55 bits per heavy atom. The van der Waals surface area contributed by atoms with Crippen molar-refractivity contribution in [3.8, 4) is 5.75 Å². The average molecular weight is 593 g/mol. The number of aliphatic hydroxyl groups is 1. The lowest BCUT2D eigenvalue weighted by atomic mass is 10.0. The molecular formula is C31H43Cl2N3O4. The van der Waals surface area contributed by atoms with Crippen LogP contribution in [-0.2, 0) is 16.0 Å². The number of nitrogens with zero attached hydrogens (tertiary/aromatic N) is 3. The molecule has 2 aliphatic rings. The predicted molar refractivity (Wildman–Crippen MR) is 163 cm³/mol. The molecule has 0 aliphatic carbocycles. The summed E-state index contributed by atoms with van der Waals surface area (Å²) < 4.78 is 11.9. The normalized spacial score (nSPS) is 17.6. The molecule has 2 aromatic carbocycles. The molecule has 220 valence electrons. The van der Waals surface area contributed by atoms with E-state index in [1.807, 2.05) is 43.3 Å². The molecule has 40 heavy (non-hydrogen) atoms. The molecule has 2 heterocycles. The maximum absolute atomic E-state index is 12.8. The van der Waals surface area contributed by atoms with Crippen molar-refractivity contribution >= 4 is 40.5 Å². The maximum Gasteiger partial charge on any atom is 0.229 e. The summed E-state index contributed by atoms with van der Waals surface area (Å²) in [6, 6.07) is 11.8. The van der Waals surface area contributed by atoms with Crippen LogP contribution in [0.1, 0.15) is 64.4 Å². The third-order valence-electron chi connectivity index (χ3n) is 7.75. The Bertz CT molecular complexity index is 1110. The van der Waals surface area contributed by atoms with Gasteiger partial charge in [-0.2, -0.15) is 0 Å². The van der Waals surface area contributed by atoms with Crippen molar-refractivity contribution in [2.45, 2.75) is 77.7 Å². The minimum absolute atomic E-state index is 0.00985. The van der Waals surface area contributed by atoms with E-state index in [2.05, 4.69) is 16.7 Å². The Morgan fingerprint density at radius 1 is 0.975 bits per heavy atom. The Balaban J connectivity index is 1.21. The van der Waals surface area contributed by atoms with Gasteiger partial charge >= 0.3 is 0 Å². The van der Waals surface area contributed by atoms with Crippen LogP contribution in [0.25, 0.3) is 0 Å². The molecule has 9 heteroatoms. The van der Waals surface area contributed by atoms with Crippen LogP contribution in [-0.4, -0.2) is 67.8 Å². The van der Waals surface area contributed by atoms with Crippen LogP contribution >= 0.6 is 23.2 Å². The lowest BCUT2D eigenvalue weighted by molar-refractivity contribution is -0.143. The van der Waals surface area contributed by atoms with Crippen molar-refractivity contribution in [1.29, 1.82) is 0 Å². The number of carbonyl (C=O) groups is 1. The largest absolute Gasteiger partial charge is 0.494 e. The Morgan fingerprint density at radius 2 is 1.77 bits per heavy atom. The monoisotopic (exact) mass is 591 g/mol. The average Bonchev–Trinajstić information content (AvgIpc) is 2.94. The number of amides is 1. The molecule has 1 saturated heterocycles. The van der Waals surface area contributed by atoms with Crippen LogP contribution in [0.2, 0.25) is 10.0 Å². The van der Waals surface area contributed by atoms with E-state index in [9.17, 15) is 9.90 Å². The number of halogens is 2. The lowest BCUT2D eigenvalue weighted by Gasteiger charge is -2.36. The first-order valence-corrected chi connectivity index (χ1v) is 15.5. The molecule has 2 atom stereocenters. The second kappa shape index (κ2) is 15.3. The Kier molecular flexibility index (Phi) is 11.8. The van der Waals surface area contributed by atoms with E-state index in [1.54, 1.807) is 4.90 Å². The van der Waals surface area contributed by atoms with E-state index in [0.717, 1.165) is 87.5 Å². The number of aryl methyl sites for hydroxylation is 1. The molecule has 2 unspecified atom stereocenters. The van der Waals surface area contributed by atoms with E-state index in [0.29, 0.717) is 35.9 Å². The molecule has 4 rings (SSSR count). The number of hydrogen-bond donors (Lipinski definition) is 1. The van der Waals surface area contributed by atoms with Crippen molar-refractivity contribution in [2.75, 3.05) is 49.1 Å². The molecule has 0 spiro atoms. The molecule has 2 aromatic rings. The second-order valence-corrected chi connectivity index (χ2v) is 11.5. The standard InChI is InChI=1S/C31H43Cl2N3O4/c1-3-4-5-11-30(38)40-23(2)36-28-22-25(14-12-24(28)13-15-29(36)37)39-21-7-6-16-34-17-19-35(20-18-34)27-10-8-9-26(32)31(27)33/h8-10,12,14,22-23,30,38H,3-7,11,13,15-21H2,1-2H3. The molecule has 1 N–H and O–H groups in total. The summed E-state index contributed by atoms with van der Waals surface area (Å²) in [5, 5.41) is 11.5. The van der Waals surface area contributed by atoms with Gasteiger partial charge in [0.25, 0.3) is 0 Å². The molecule has 0 radical (unpaired) electrons. The highest BCUT2D eigenvalue weighted by molar-refractivity contribution is 6.43. The van der Waals surface area contributed by atoms with Crippen molar-refractivity contribution < 1.29 is 19.4 Å². The first-order valence-electron chi connectivity index (χ1n) is 14.7. The van der Waals surface area contributed by atoms with Gasteiger partial charge in [0, 0.05) is 38.7 Å². The summed E-state index contributed by atoms with van der Waals surface area (Å²) in [6.07, 6.45) is 5.32. The zero-order chi connectivity index (χ0) is 28.5. The van der Waals surface area contributed by atoms with Gasteiger partial charge in [-0.3, -0.25) is 14.6 Å². The van der Waals surface area contributed by atoms with E-state index in [-0.39, 0.29) is 5.91 Å². The SMILES string of the molecule is CCCCCC(O)OC(C)N1C(=O)CCc2ccc(OCCCCN3CCN(c4cccc(Cl)c4Cl)CC3)cc21. The lowest BCUT2D eigenvalue weighted by Crippen LogP contribution is -2.46. The summed E-state index contributed by atoms with van der Waals surface area (Å²) in [5.41, 5.74) is 2.93. The molecule has 0 saturated carbocycles. The number of ether oxygens (including phenoxy) is 2. The molecular weight excluding hydrogens is 549 g/mol. The highest BCUT2D eigenvalue weighted by atomic mass is 35.5. The fourth-order valence-electron chi connectivity index (χ4n) is 5.47. The summed E-state index contributed by atoms with van der Waals surface area (Å²) in [5.74, 6) is 0.761. The summed E-state index contributed by atoms with van der Waals surface area (Å²) in [7, 11) is 0. The zero-order valence-electron chi connectivity index (χ0n) is 23.8. The van der Waals surface area contributed by atoms with Crippen LogP contribution in [0, 0.1) is 0 Å². The number of piperazine rings is 1. The second-order valence-electron chi connectivity index (χ2n) is 10.7. The first kappa shape index (κ1) is 30.9. The van der Waals surface area contributed by atoms with Crippen molar-refractivity contribution in [3.05, 3.63) is 52.0 Å². The van der Waals surface area contributed by atoms with Gasteiger partial charge in [0.2, 0.25) is 5.91 Å². The van der Waals surface area contributed by atoms with Gasteiger partial charge in [0.05, 0.1) is 28.0 Å². The molecule has 1 fully saturated rings. The first-order chi connectivity index (χ1) is 19.4. The maximum atomic E-state index is 12.8. The molecule has 1 amide bonds. The van der Waals surface area contributed by atoms with Gasteiger partial charge in [0.1, 0.15) is 12.0 Å². The minimum atomic E-state index is -0.878. The predicted octanol–water partition coefficient (Wildman–Crippen LogP) is 6.52. The number of hydrogen-bond acceptors (Lipinski definition) is 6. The number of anilines is 2. The summed E-state index contributed by atoms with van der Waals surface area (Å²) in [6.45, 7) is 9.44. The van der Waals surface area contributed by atoms with Gasteiger partial charge in [-0.15, -0.1) is 0 Å². The number of unbranched alkanes of at least 4 members (excludes halogenated alkanes) is 3. The number of carbonyl (C=O) groups excluding carboxylic acids is 1. The van der Waals surface area contributed by atoms with Crippen molar-refractivity contribution in [3.63, 3.8) is 0 Å². The van der Waals surface area contributed by atoms with Crippen molar-refractivity contribution in [2.24, 2.45) is 0 Å². The van der Waals surface area contributed by atoms with E-state index < -0.39 is 12.5 Å². The fraction of sp³-hybridized carbons (Fsp3) is 0.581. The number of rotatable bonds is 14. The molecule has 0 bridgehead atoms. The van der Waals surface area contributed by atoms with Crippen LogP contribution < -0.4 is 14.5 Å². The van der Waals surface area contributed by atoms with Gasteiger partial charge in [-0.25, -0.2) is 0 Å². The fourth-order valence-corrected chi connectivity index (χ4v) is 5.88. The molecule has 0 aromatic heterocycles. The van der Waals surface area contributed by atoms with E-state index >= 15 is 0 Å². The number of benzene rings is 2. The number of fused-ring (bicyclic) bond motifs is 1. The highest BCUT2D eigenvalue weighted by Crippen LogP contribution is 2.34. The van der Waals surface area contributed by atoms with Crippen LogP contribution in [0.3, 0.4) is 0 Å². The third-order valence-corrected chi connectivity index (χ3v) is 8.56. The summed E-state index contributed by atoms with van der Waals surface area (Å²) in [4.78, 5) is 19.3. The van der Waals surface area contributed by atoms with E-state index in [4.69, 9.17) is 32.7 Å². The van der Waals surface area contributed by atoms with Gasteiger partial charge in [0.15, 0.2) is 6.29 Å². The van der Waals surface area contributed by atoms with E-state index in [1.165, 1.54) is 0 Å². The van der Waals surface area contributed by atoms with Crippen LogP contribution in [0.15, 0.2) is 36.4 Å². The Labute approximate surface area is 248 Å². The van der Waals surface area contributed by atoms with Crippen LogP contribution in [0.5, 0.6) is 5.75 Å². The molecule has 7 nitrogen and oxygen atoms in total. The zero-order valence-corrected chi connectivity index (χ0v) is 25.3.